The number of methoxy groups -OCH3 is 1. The van der Waals surface area contributed by atoms with Gasteiger partial charge in [-0.2, -0.15) is 0 Å². The minimum absolute atomic E-state index is 0.175. The van der Waals surface area contributed by atoms with Crippen LogP contribution >= 0.6 is 22.9 Å². The van der Waals surface area contributed by atoms with Crippen LogP contribution in [0.5, 0.6) is 11.5 Å². The topological polar surface area (TPSA) is 63.7 Å². The molecule has 0 aliphatic rings. The molecule has 30 heavy (non-hydrogen) atoms. The number of anilines is 1. The first-order chi connectivity index (χ1) is 14.4. The smallest absolute Gasteiger partial charge is 0.238 e. The molecular formula is C21H21ClFN3O3S. The number of thiazole rings is 1. The van der Waals surface area contributed by atoms with Crippen LogP contribution in [0, 0.1) is 5.82 Å². The van der Waals surface area contributed by atoms with Crippen LogP contribution in [-0.4, -0.2) is 36.5 Å². The SMILES string of the molecule is COc1ccc(Cl)cc1NC(=O)CN(C)Cc1csc(COc2ccc(F)cc2)n1. The van der Waals surface area contributed by atoms with Gasteiger partial charge < -0.3 is 14.8 Å². The number of likely N-dealkylation sites (N-methyl/N-ethyl adjacent to an activating group) is 1. The molecule has 0 saturated carbocycles. The molecule has 0 bridgehead atoms. The number of nitrogens with zero attached hydrogens (tertiary/aromatic N) is 2. The second kappa shape index (κ2) is 10.4. The van der Waals surface area contributed by atoms with Crippen molar-refractivity contribution in [2.45, 2.75) is 13.2 Å². The van der Waals surface area contributed by atoms with Crippen molar-refractivity contribution in [3.05, 3.63) is 69.4 Å². The van der Waals surface area contributed by atoms with E-state index in [-0.39, 0.29) is 18.3 Å². The fraction of sp³-hybridized carbons (Fsp3) is 0.238. The molecular weight excluding hydrogens is 429 g/mol. The van der Waals surface area contributed by atoms with Crippen molar-refractivity contribution >= 4 is 34.5 Å². The summed E-state index contributed by atoms with van der Waals surface area (Å²) in [6.45, 7) is 0.983. The Morgan fingerprint density at radius 2 is 2.03 bits per heavy atom. The van der Waals surface area contributed by atoms with Crippen molar-refractivity contribution in [3.8, 4) is 11.5 Å². The van der Waals surface area contributed by atoms with Crippen LogP contribution in [0.2, 0.25) is 5.02 Å². The zero-order chi connectivity index (χ0) is 21.5. The number of halogens is 2. The van der Waals surface area contributed by atoms with Gasteiger partial charge in [-0.3, -0.25) is 9.69 Å². The molecule has 0 spiro atoms. The lowest BCUT2D eigenvalue weighted by molar-refractivity contribution is -0.117. The molecule has 0 aliphatic heterocycles. The van der Waals surface area contributed by atoms with Crippen molar-refractivity contribution in [1.29, 1.82) is 0 Å². The number of nitrogens with one attached hydrogen (secondary N) is 1. The van der Waals surface area contributed by atoms with E-state index in [1.807, 2.05) is 17.3 Å². The summed E-state index contributed by atoms with van der Waals surface area (Å²) in [4.78, 5) is 18.7. The molecule has 0 saturated heterocycles. The Morgan fingerprint density at radius 1 is 1.27 bits per heavy atom. The molecule has 0 aliphatic carbocycles. The molecule has 0 unspecified atom stereocenters. The summed E-state index contributed by atoms with van der Waals surface area (Å²) < 4.78 is 23.8. The first-order valence-electron chi connectivity index (χ1n) is 9.06. The van der Waals surface area contributed by atoms with Crippen molar-refractivity contribution in [2.75, 3.05) is 26.0 Å². The highest BCUT2D eigenvalue weighted by Crippen LogP contribution is 2.27. The van der Waals surface area contributed by atoms with Gasteiger partial charge >= 0.3 is 0 Å². The highest BCUT2D eigenvalue weighted by molar-refractivity contribution is 7.09. The van der Waals surface area contributed by atoms with Gasteiger partial charge in [-0.25, -0.2) is 9.37 Å². The second-order valence-corrected chi connectivity index (χ2v) is 7.92. The predicted molar refractivity (Wildman–Crippen MR) is 116 cm³/mol. The molecule has 0 atom stereocenters. The third-order valence-corrected chi connectivity index (χ3v) is 5.16. The fourth-order valence-electron chi connectivity index (χ4n) is 2.71. The average Bonchev–Trinajstić information content (AvgIpc) is 3.14. The van der Waals surface area contributed by atoms with Crippen LogP contribution in [0.25, 0.3) is 0 Å². The molecule has 1 aromatic heterocycles. The van der Waals surface area contributed by atoms with Crippen LogP contribution in [0.4, 0.5) is 10.1 Å². The standard InChI is InChI=1S/C21H21ClFN3O3S/c1-26(11-20(27)25-18-9-14(22)3-8-19(18)28-2)10-16-13-30-21(24-16)12-29-17-6-4-15(23)5-7-17/h3-9,13H,10-12H2,1-2H3,(H,25,27). The minimum atomic E-state index is -0.306. The first-order valence-corrected chi connectivity index (χ1v) is 10.3. The van der Waals surface area contributed by atoms with Gasteiger partial charge in [0.15, 0.2) is 0 Å². The number of aromatic nitrogens is 1. The fourth-order valence-corrected chi connectivity index (χ4v) is 3.58. The summed E-state index contributed by atoms with van der Waals surface area (Å²) in [5, 5.41) is 6.05. The van der Waals surface area contributed by atoms with Gasteiger partial charge in [0.25, 0.3) is 0 Å². The Hall–Kier alpha value is -2.68. The number of ether oxygens (including phenoxy) is 2. The van der Waals surface area contributed by atoms with Gasteiger partial charge in [0, 0.05) is 16.9 Å². The van der Waals surface area contributed by atoms with E-state index >= 15 is 0 Å². The van der Waals surface area contributed by atoms with Crippen molar-refractivity contribution in [1.82, 2.24) is 9.88 Å². The molecule has 1 heterocycles. The third kappa shape index (κ3) is 6.41. The lowest BCUT2D eigenvalue weighted by atomic mass is 10.3. The molecule has 9 heteroatoms. The zero-order valence-electron chi connectivity index (χ0n) is 16.5. The third-order valence-electron chi connectivity index (χ3n) is 4.06. The first kappa shape index (κ1) is 22.0. The number of hydrogen-bond donors (Lipinski definition) is 1. The van der Waals surface area contributed by atoms with E-state index in [0.29, 0.717) is 35.4 Å². The van der Waals surface area contributed by atoms with Crippen molar-refractivity contribution < 1.29 is 18.7 Å². The van der Waals surface area contributed by atoms with Gasteiger partial charge in [0.1, 0.15) is 28.9 Å². The lowest BCUT2D eigenvalue weighted by Gasteiger charge is -2.16. The largest absolute Gasteiger partial charge is 0.495 e. The van der Waals surface area contributed by atoms with Crippen LogP contribution in [0.3, 0.4) is 0 Å². The minimum Gasteiger partial charge on any atom is -0.495 e. The number of rotatable bonds is 9. The maximum absolute atomic E-state index is 12.9. The van der Waals surface area contributed by atoms with Gasteiger partial charge in [-0.05, 0) is 49.5 Å². The van der Waals surface area contributed by atoms with Gasteiger partial charge in [0.05, 0.1) is 25.0 Å². The van der Waals surface area contributed by atoms with Gasteiger partial charge in [-0.15, -0.1) is 11.3 Å². The Bertz CT molecular complexity index is 997. The van der Waals surface area contributed by atoms with Crippen molar-refractivity contribution in [2.24, 2.45) is 0 Å². The Balaban J connectivity index is 1.49. The average molecular weight is 450 g/mol. The number of carbonyl (C=O) groups is 1. The van der Waals surface area contributed by atoms with E-state index in [1.54, 1.807) is 30.3 Å². The number of carbonyl (C=O) groups excluding carboxylic acids is 1. The molecule has 2 aromatic carbocycles. The molecule has 6 nitrogen and oxygen atoms in total. The quantitative estimate of drug-likeness (QED) is 0.517. The lowest BCUT2D eigenvalue weighted by Crippen LogP contribution is -2.30. The van der Waals surface area contributed by atoms with Crippen LogP contribution < -0.4 is 14.8 Å². The van der Waals surface area contributed by atoms with E-state index in [0.717, 1.165) is 10.7 Å². The van der Waals surface area contributed by atoms with E-state index < -0.39 is 0 Å². The summed E-state index contributed by atoms with van der Waals surface area (Å²) in [7, 11) is 3.37. The van der Waals surface area contributed by atoms with E-state index in [4.69, 9.17) is 21.1 Å². The zero-order valence-corrected chi connectivity index (χ0v) is 18.1. The van der Waals surface area contributed by atoms with Crippen molar-refractivity contribution in [3.63, 3.8) is 0 Å². The van der Waals surface area contributed by atoms with Crippen LogP contribution in [0.15, 0.2) is 47.8 Å². The van der Waals surface area contributed by atoms with Gasteiger partial charge in [-0.1, -0.05) is 11.6 Å². The number of amides is 1. The maximum atomic E-state index is 12.9. The molecule has 3 rings (SSSR count). The monoisotopic (exact) mass is 449 g/mol. The summed E-state index contributed by atoms with van der Waals surface area (Å²) in [5.41, 5.74) is 1.37. The summed E-state index contributed by atoms with van der Waals surface area (Å²) in [5.74, 6) is 0.631. The molecule has 1 N–H and O–H groups in total. The second-order valence-electron chi connectivity index (χ2n) is 6.54. The molecule has 158 valence electrons. The molecule has 0 fully saturated rings. The van der Waals surface area contributed by atoms with E-state index in [2.05, 4.69) is 10.3 Å². The normalized spacial score (nSPS) is 10.8. The number of hydrogen-bond acceptors (Lipinski definition) is 6. The Labute approximate surface area is 183 Å². The Morgan fingerprint density at radius 3 is 2.77 bits per heavy atom. The summed E-state index contributed by atoms with van der Waals surface area (Å²) >= 11 is 7.47. The predicted octanol–water partition coefficient (Wildman–Crippen LogP) is 4.59. The summed E-state index contributed by atoms with van der Waals surface area (Å²) in [6, 6.07) is 10.9. The van der Waals surface area contributed by atoms with Crippen LogP contribution in [0.1, 0.15) is 10.7 Å². The molecule has 0 radical (unpaired) electrons. The van der Waals surface area contributed by atoms with Crippen LogP contribution in [-0.2, 0) is 17.9 Å². The Kier molecular flexibility index (Phi) is 7.62. The van der Waals surface area contributed by atoms with Gasteiger partial charge in [0.2, 0.25) is 5.91 Å². The van der Waals surface area contributed by atoms with E-state index in [1.165, 1.54) is 30.6 Å². The molecule has 1 amide bonds. The highest BCUT2D eigenvalue weighted by Gasteiger charge is 2.12. The molecule has 3 aromatic rings. The number of benzene rings is 2. The maximum Gasteiger partial charge on any atom is 0.238 e. The van der Waals surface area contributed by atoms with E-state index in [9.17, 15) is 9.18 Å². The highest BCUT2D eigenvalue weighted by atomic mass is 35.5. The summed E-state index contributed by atoms with van der Waals surface area (Å²) in [6.07, 6.45) is 0.